The van der Waals surface area contributed by atoms with Crippen molar-refractivity contribution in [3.05, 3.63) is 0 Å². The van der Waals surface area contributed by atoms with Gasteiger partial charge in [0, 0.05) is 24.4 Å². The summed E-state index contributed by atoms with van der Waals surface area (Å²) in [4.78, 5) is 0. The van der Waals surface area contributed by atoms with Crippen molar-refractivity contribution in [3.8, 4) is 0 Å². The number of rotatable bonds is 8. The molecule has 2 atom stereocenters. The highest BCUT2D eigenvalue weighted by molar-refractivity contribution is 7.98. The largest absolute Gasteiger partial charge is 0.396 e. The number of hydrogen-bond acceptors (Lipinski definition) is 3. The van der Waals surface area contributed by atoms with Crippen molar-refractivity contribution in [1.82, 2.24) is 5.32 Å². The Hall–Kier alpha value is 0.270. The van der Waals surface area contributed by atoms with Crippen LogP contribution in [0.5, 0.6) is 0 Å². The van der Waals surface area contributed by atoms with Crippen molar-refractivity contribution < 1.29 is 5.11 Å². The molecule has 0 aliphatic heterocycles. The monoisotopic (exact) mass is 231 g/mol. The predicted molar refractivity (Wildman–Crippen MR) is 68.4 cm³/mol. The van der Waals surface area contributed by atoms with Crippen LogP contribution in [0, 0.1) is 11.8 Å². The van der Waals surface area contributed by atoms with Crippen molar-refractivity contribution in [2.24, 2.45) is 11.8 Å². The third-order valence-corrected chi connectivity index (χ3v) is 3.86. The van der Waals surface area contributed by atoms with E-state index in [1.807, 2.05) is 11.8 Å². The molecule has 0 spiro atoms. The molecule has 1 aliphatic carbocycles. The van der Waals surface area contributed by atoms with Crippen molar-refractivity contribution >= 4 is 11.8 Å². The second-order valence-corrected chi connectivity index (χ2v) is 5.85. The Labute approximate surface area is 98.2 Å². The molecule has 1 fully saturated rings. The summed E-state index contributed by atoms with van der Waals surface area (Å²) in [6.45, 7) is 4.89. The van der Waals surface area contributed by atoms with E-state index in [0.717, 1.165) is 18.1 Å². The molecule has 0 heterocycles. The lowest BCUT2D eigenvalue weighted by Crippen LogP contribution is -2.44. The fourth-order valence-corrected chi connectivity index (χ4v) is 2.84. The lowest BCUT2D eigenvalue weighted by molar-refractivity contribution is 0.249. The van der Waals surface area contributed by atoms with Crippen LogP contribution in [0.25, 0.3) is 0 Å². The summed E-state index contributed by atoms with van der Waals surface area (Å²) < 4.78 is 0. The van der Waals surface area contributed by atoms with E-state index in [4.69, 9.17) is 5.11 Å². The van der Waals surface area contributed by atoms with E-state index in [0.29, 0.717) is 24.6 Å². The number of thioether (sulfide) groups is 1. The van der Waals surface area contributed by atoms with Crippen LogP contribution in [-0.4, -0.2) is 35.8 Å². The van der Waals surface area contributed by atoms with Gasteiger partial charge in [-0.05, 0) is 37.4 Å². The van der Waals surface area contributed by atoms with E-state index in [1.165, 1.54) is 12.8 Å². The normalized spacial score (nSPS) is 20.6. The van der Waals surface area contributed by atoms with Crippen LogP contribution in [0.1, 0.15) is 33.1 Å². The minimum Gasteiger partial charge on any atom is -0.396 e. The van der Waals surface area contributed by atoms with Crippen LogP contribution in [0.3, 0.4) is 0 Å². The molecule has 0 bridgehead atoms. The van der Waals surface area contributed by atoms with Gasteiger partial charge in [-0.2, -0.15) is 11.8 Å². The Kier molecular flexibility index (Phi) is 6.02. The zero-order valence-electron chi connectivity index (χ0n) is 10.2. The molecule has 3 heteroatoms. The summed E-state index contributed by atoms with van der Waals surface area (Å²) in [5.41, 5.74) is 0. The summed E-state index contributed by atoms with van der Waals surface area (Å²) in [6.07, 6.45) is 5.80. The zero-order valence-corrected chi connectivity index (χ0v) is 11.0. The minimum atomic E-state index is 0.299. The van der Waals surface area contributed by atoms with Gasteiger partial charge >= 0.3 is 0 Å². The first kappa shape index (κ1) is 13.3. The fraction of sp³-hybridized carbons (Fsp3) is 1.00. The highest BCUT2D eigenvalue weighted by Crippen LogP contribution is 2.36. The number of aliphatic hydroxyl groups is 1. The van der Waals surface area contributed by atoms with Crippen LogP contribution in [0.15, 0.2) is 0 Å². The van der Waals surface area contributed by atoms with Gasteiger partial charge in [-0.25, -0.2) is 0 Å². The molecular formula is C12H25NOS. The average molecular weight is 231 g/mol. The Morgan fingerprint density at radius 3 is 2.47 bits per heavy atom. The Morgan fingerprint density at radius 2 is 2.07 bits per heavy atom. The summed E-state index contributed by atoms with van der Waals surface area (Å²) in [6, 6.07) is 1.15. The second-order valence-electron chi connectivity index (χ2n) is 4.94. The van der Waals surface area contributed by atoms with Gasteiger partial charge in [-0.15, -0.1) is 0 Å². The molecule has 15 heavy (non-hydrogen) atoms. The quantitative estimate of drug-likeness (QED) is 0.671. The van der Waals surface area contributed by atoms with Crippen molar-refractivity contribution in [3.63, 3.8) is 0 Å². The Balaban J connectivity index is 2.38. The molecule has 1 aliphatic rings. The first-order chi connectivity index (χ1) is 7.19. The van der Waals surface area contributed by atoms with E-state index >= 15 is 0 Å². The number of hydrogen-bond donors (Lipinski definition) is 2. The van der Waals surface area contributed by atoms with Gasteiger partial charge in [0.2, 0.25) is 0 Å². The highest BCUT2D eigenvalue weighted by atomic mass is 32.2. The van der Waals surface area contributed by atoms with Crippen molar-refractivity contribution in [2.45, 2.75) is 45.2 Å². The Morgan fingerprint density at radius 1 is 1.40 bits per heavy atom. The van der Waals surface area contributed by atoms with Crippen molar-refractivity contribution in [1.29, 1.82) is 0 Å². The molecule has 0 saturated heterocycles. The standard InChI is InChI=1S/C12H25NOS/c1-9(2)12(10-4-5-10)13-11(6-7-14)8-15-3/h9-14H,4-8H2,1-3H3. The second kappa shape index (κ2) is 6.77. The van der Waals surface area contributed by atoms with Crippen LogP contribution in [0.4, 0.5) is 0 Å². The molecule has 0 radical (unpaired) electrons. The topological polar surface area (TPSA) is 32.3 Å². The molecule has 1 saturated carbocycles. The van der Waals surface area contributed by atoms with E-state index in [9.17, 15) is 0 Å². The van der Waals surface area contributed by atoms with Gasteiger partial charge in [-0.1, -0.05) is 13.8 Å². The SMILES string of the molecule is CSCC(CCO)NC(C(C)C)C1CC1. The van der Waals surface area contributed by atoms with Gasteiger partial charge in [0.25, 0.3) is 0 Å². The third kappa shape index (κ3) is 4.75. The van der Waals surface area contributed by atoms with Gasteiger partial charge in [-0.3, -0.25) is 0 Å². The number of aliphatic hydroxyl groups excluding tert-OH is 1. The maximum Gasteiger partial charge on any atom is 0.0446 e. The number of nitrogens with one attached hydrogen (secondary N) is 1. The molecule has 0 aromatic rings. The lowest BCUT2D eigenvalue weighted by atomic mass is 9.98. The van der Waals surface area contributed by atoms with E-state index < -0.39 is 0 Å². The minimum absolute atomic E-state index is 0.299. The maximum atomic E-state index is 9.02. The molecular weight excluding hydrogens is 206 g/mol. The predicted octanol–water partition coefficient (Wildman–Crippen LogP) is 2.12. The Bertz CT molecular complexity index is 163. The zero-order chi connectivity index (χ0) is 11.3. The molecule has 1 rings (SSSR count). The van der Waals surface area contributed by atoms with Crippen molar-refractivity contribution in [2.75, 3.05) is 18.6 Å². The fourth-order valence-electron chi connectivity index (χ4n) is 2.17. The molecule has 2 unspecified atom stereocenters. The smallest absolute Gasteiger partial charge is 0.0446 e. The third-order valence-electron chi connectivity index (χ3n) is 3.12. The maximum absolute atomic E-state index is 9.02. The molecule has 0 aromatic heterocycles. The molecule has 0 aromatic carbocycles. The molecule has 2 N–H and O–H groups in total. The van der Waals surface area contributed by atoms with Gasteiger partial charge in [0.05, 0.1) is 0 Å². The van der Waals surface area contributed by atoms with Gasteiger partial charge in [0.15, 0.2) is 0 Å². The average Bonchev–Trinajstić information content (AvgIpc) is 2.97. The van der Waals surface area contributed by atoms with Gasteiger partial charge < -0.3 is 10.4 Å². The van der Waals surface area contributed by atoms with E-state index in [2.05, 4.69) is 25.4 Å². The van der Waals surface area contributed by atoms with Crippen LogP contribution in [0.2, 0.25) is 0 Å². The lowest BCUT2D eigenvalue weighted by Gasteiger charge is -2.28. The van der Waals surface area contributed by atoms with E-state index in [-0.39, 0.29) is 0 Å². The molecule has 0 amide bonds. The summed E-state index contributed by atoms with van der Waals surface area (Å²) in [5, 5.41) is 12.8. The summed E-state index contributed by atoms with van der Waals surface area (Å²) >= 11 is 1.86. The highest BCUT2D eigenvalue weighted by Gasteiger charge is 2.33. The van der Waals surface area contributed by atoms with E-state index in [1.54, 1.807) is 0 Å². The summed E-state index contributed by atoms with van der Waals surface area (Å²) in [7, 11) is 0. The first-order valence-electron chi connectivity index (χ1n) is 6.04. The summed E-state index contributed by atoms with van der Waals surface area (Å²) in [5.74, 6) is 2.71. The van der Waals surface area contributed by atoms with Gasteiger partial charge in [0.1, 0.15) is 0 Å². The van der Waals surface area contributed by atoms with Crippen LogP contribution >= 0.6 is 11.8 Å². The van der Waals surface area contributed by atoms with Crippen LogP contribution < -0.4 is 5.32 Å². The first-order valence-corrected chi connectivity index (χ1v) is 7.44. The molecule has 2 nitrogen and oxygen atoms in total. The molecule has 90 valence electrons. The van der Waals surface area contributed by atoms with Crippen LogP contribution in [-0.2, 0) is 0 Å².